The summed E-state index contributed by atoms with van der Waals surface area (Å²) in [6.45, 7) is 3.58. The van der Waals surface area contributed by atoms with Crippen molar-refractivity contribution in [2.75, 3.05) is 25.0 Å². The highest BCUT2D eigenvalue weighted by molar-refractivity contribution is 5.59. The number of aryl methyl sites for hydroxylation is 1. The number of nitrogens with zero attached hydrogens (tertiary/aromatic N) is 4. The molecule has 2 aliphatic carbocycles. The van der Waals surface area contributed by atoms with E-state index in [9.17, 15) is 0 Å². The van der Waals surface area contributed by atoms with E-state index in [1.165, 1.54) is 69.3 Å². The first-order valence-electron chi connectivity index (χ1n) is 11.1. The van der Waals surface area contributed by atoms with Gasteiger partial charge in [-0.25, -0.2) is 9.97 Å². The second kappa shape index (κ2) is 8.16. The summed E-state index contributed by atoms with van der Waals surface area (Å²) in [7, 11) is 0. The lowest BCUT2D eigenvalue weighted by molar-refractivity contribution is 0.129. The zero-order valence-electron chi connectivity index (χ0n) is 16.7. The molecule has 3 heterocycles. The van der Waals surface area contributed by atoms with Crippen molar-refractivity contribution in [3.8, 4) is 11.4 Å². The molecular weight excluding hydrogens is 346 g/mol. The van der Waals surface area contributed by atoms with Crippen LogP contribution in [0, 0.1) is 5.92 Å². The molecule has 5 nitrogen and oxygen atoms in total. The molecule has 28 heavy (non-hydrogen) atoms. The zero-order chi connectivity index (χ0) is 18.8. The highest BCUT2D eigenvalue weighted by atomic mass is 15.2. The Hall–Kier alpha value is -2.01. The van der Waals surface area contributed by atoms with E-state index in [1.54, 1.807) is 6.20 Å². The number of anilines is 1. The maximum absolute atomic E-state index is 4.92. The Morgan fingerprint density at radius 3 is 2.82 bits per heavy atom. The molecule has 1 saturated carbocycles. The lowest BCUT2D eigenvalue weighted by Gasteiger charge is -2.37. The number of aromatic nitrogens is 3. The van der Waals surface area contributed by atoms with Gasteiger partial charge in [0.15, 0.2) is 5.82 Å². The van der Waals surface area contributed by atoms with Crippen molar-refractivity contribution in [2.24, 2.45) is 5.92 Å². The smallest absolute Gasteiger partial charge is 0.163 e. The van der Waals surface area contributed by atoms with Crippen LogP contribution < -0.4 is 5.32 Å². The predicted octanol–water partition coefficient (Wildman–Crippen LogP) is 4.09. The molecule has 1 unspecified atom stereocenters. The second-order valence-electron chi connectivity index (χ2n) is 8.74. The SMILES string of the molecule is c1cncc(-c2nc3c(c(NCC4CCCN(C5CCCC5)C4)n2)CCC3)c1. The first-order chi connectivity index (χ1) is 13.9. The summed E-state index contributed by atoms with van der Waals surface area (Å²) in [5.41, 5.74) is 3.58. The molecule has 1 aliphatic heterocycles. The van der Waals surface area contributed by atoms with Crippen molar-refractivity contribution >= 4 is 5.82 Å². The summed E-state index contributed by atoms with van der Waals surface area (Å²) in [6, 6.07) is 4.86. The topological polar surface area (TPSA) is 53.9 Å². The minimum absolute atomic E-state index is 0.725. The molecule has 0 amide bonds. The number of fused-ring (bicyclic) bond motifs is 1. The molecule has 1 saturated heterocycles. The minimum Gasteiger partial charge on any atom is -0.369 e. The molecule has 2 aromatic rings. The van der Waals surface area contributed by atoms with Crippen LogP contribution >= 0.6 is 0 Å². The van der Waals surface area contributed by atoms with Crippen molar-refractivity contribution in [3.63, 3.8) is 0 Å². The molecule has 1 N–H and O–H groups in total. The van der Waals surface area contributed by atoms with E-state index in [4.69, 9.17) is 9.97 Å². The molecule has 5 rings (SSSR count). The van der Waals surface area contributed by atoms with Crippen LogP contribution in [0.5, 0.6) is 0 Å². The van der Waals surface area contributed by atoms with Gasteiger partial charge in [-0.3, -0.25) is 4.98 Å². The van der Waals surface area contributed by atoms with Crippen LogP contribution in [0.4, 0.5) is 5.82 Å². The van der Waals surface area contributed by atoms with E-state index in [0.717, 1.165) is 48.6 Å². The Morgan fingerprint density at radius 1 is 1.04 bits per heavy atom. The van der Waals surface area contributed by atoms with E-state index in [2.05, 4.69) is 15.2 Å². The number of rotatable bonds is 5. The number of nitrogens with one attached hydrogen (secondary N) is 1. The Balaban J connectivity index is 1.30. The van der Waals surface area contributed by atoms with Gasteiger partial charge in [-0.05, 0) is 69.5 Å². The fourth-order valence-corrected chi connectivity index (χ4v) is 5.31. The second-order valence-corrected chi connectivity index (χ2v) is 8.74. The quantitative estimate of drug-likeness (QED) is 0.850. The largest absolute Gasteiger partial charge is 0.369 e. The van der Waals surface area contributed by atoms with E-state index < -0.39 is 0 Å². The monoisotopic (exact) mass is 377 g/mol. The van der Waals surface area contributed by atoms with E-state index in [1.807, 2.05) is 18.3 Å². The summed E-state index contributed by atoms with van der Waals surface area (Å²) >= 11 is 0. The summed E-state index contributed by atoms with van der Waals surface area (Å²) in [4.78, 5) is 16.8. The third kappa shape index (κ3) is 3.77. The van der Waals surface area contributed by atoms with Crippen LogP contribution in [0.3, 0.4) is 0 Å². The fraction of sp³-hybridized carbons (Fsp3) is 0.609. The number of hydrogen-bond acceptors (Lipinski definition) is 5. The van der Waals surface area contributed by atoms with Gasteiger partial charge in [0.05, 0.1) is 0 Å². The number of pyridine rings is 1. The van der Waals surface area contributed by atoms with Gasteiger partial charge < -0.3 is 10.2 Å². The van der Waals surface area contributed by atoms with Gasteiger partial charge in [0.25, 0.3) is 0 Å². The minimum atomic E-state index is 0.725. The molecule has 3 aliphatic rings. The molecule has 0 radical (unpaired) electrons. The fourth-order valence-electron chi connectivity index (χ4n) is 5.31. The normalized spacial score (nSPS) is 23.1. The Labute approximate surface area is 168 Å². The average Bonchev–Trinajstić information content (AvgIpc) is 3.45. The summed E-state index contributed by atoms with van der Waals surface area (Å²) in [5.74, 6) is 2.61. The molecule has 2 aromatic heterocycles. The third-order valence-corrected chi connectivity index (χ3v) is 6.80. The van der Waals surface area contributed by atoms with Crippen LogP contribution in [-0.4, -0.2) is 45.5 Å². The van der Waals surface area contributed by atoms with Crippen molar-refractivity contribution in [1.29, 1.82) is 0 Å². The lowest BCUT2D eigenvalue weighted by atomic mass is 9.96. The highest BCUT2D eigenvalue weighted by Gasteiger charge is 2.28. The van der Waals surface area contributed by atoms with E-state index >= 15 is 0 Å². The molecule has 148 valence electrons. The first-order valence-corrected chi connectivity index (χ1v) is 11.1. The van der Waals surface area contributed by atoms with E-state index in [-0.39, 0.29) is 0 Å². The molecule has 2 fully saturated rings. The van der Waals surface area contributed by atoms with E-state index in [0.29, 0.717) is 0 Å². The standard InChI is InChI=1S/C23H31N5/c1-2-9-19(8-1)28-13-5-6-17(16-28)14-25-23-20-10-3-11-21(20)26-22(27-23)18-7-4-12-24-15-18/h4,7,12,15,17,19H,1-3,5-6,8-11,13-14,16H2,(H,25,26,27). The van der Waals surface area contributed by atoms with Gasteiger partial charge in [0.2, 0.25) is 0 Å². The van der Waals surface area contributed by atoms with Gasteiger partial charge >= 0.3 is 0 Å². The number of hydrogen-bond donors (Lipinski definition) is 1. The van der Waals surface area contributed by atoms with Crippen LogP contribution in [0.1, 0.15) is 56.2 Å². The average molecular weight is 378 g/mol. The van der Waals surface area contributed by atoms with Crippen LogP contribution in [0.15, 0.2) is 24.5 Å². The Bertz CT molecular complexity index is 800. The van der Waals surface area contributed by atoms with Crippen LogP contribution in [-0.2, 0) is 12.8 Å². The van der Waals surface area contributed by atoms with Crippen molar-refractivity contribution in [2.45, 2.75) is 63.8 Å². The van der Waals surface area contributed by atoms with Gasteiger partial charge in [-0.1, -0.05) is 12.8 Å². The van der Waals surface area contributed by atoms with Crippen LogP contribution in [0.25, 0.3) is 11.4 Å². The van der Waals surface area contributed by atoms with Crippen LogP contribution in [0.2, 0.25) is 0 Å². The molecule has 0 bridgehead atoms. The van der Waals surface area contributed by atoms with Gasteiger partial charge in [0.1, 0.15) is 5.82 Å². The Kier molecular flexibility index (Phi) is 5.26. The molecule has 5 heteroatoms. The van der Waals surface area contributed by atoms with Gasteiger partial charge in [-0.2, -0.15) is 0 Å². The predicted molar refractivity (Wildman–Crippen MR) is 112 cm³/mol. The number of piperidine rings is 1. The molecular formula is C23H31N5. The maximum Gasteiger partial charge on any atom is 0.163 e. The summed E-state index contributed by atoms with van der Waals surface area (Å²) in [6.07, 6.45) is 15.4. The molecule has 1 atom stereocenters. The number of likely N-dealkylation sites (tertiary alicyclic amines) is 1. The van der Waals surface area contributed by atoms with Crippen molar-refractivity contribution < 1.29 is 0 Å². The maximum atomic E-state index is 4.92. The van der Waals surface area contributed by atoms with Gasteiger partial charge in [-0.15, -0.1) is 0 Å². The zero-order valence-corrected chi connectivity index (χ0v) is 16.7. The van der Waals surface area contributed by atoms with Gasteiger partial charge in [0, 0.05) is 48.3 Å². The highest BCUT2D eigenvalue weighted by Crippen LogP contribution is 2.31. The molecule has 0 aromatic carbocycles. The summed E-state index contributed by atoms with van der Waals surface area (Å²) < 4.78 is 0. The lowest BCUT2D eigenvalue weighted by Crippen LogP contribution is -2.43. The third-order valence-electron chi connectivity index (χ3n) is 6.80. The summed E-state index contributed by atoms with van der Waals surface area (Å²) in [5, 5.41) is 3.74. The first kappa shape index (κ1) is 18.0. The van der Waals surface area contributed by atoms with Crippen molar-refractivity contribution in [3.05, 3.63) is 35.8 Å². The van der Waals surface area contributed by atoms with Crippen molar-refractivity contribution in [1.82, 2.24) is 19.9 Å². The molecule has 0 spiro atoms. The Morgan fingerprint density at radius 2 is 1.96 bits per heavy atom.